The maximum Gasteiger partial charge on any atom is 0.337 e. The van der Waals surface area contributed by atoms with Crippen LogP contribution in [0.3, 0.4) is 0 Å². The zero-order valence-corrected chi connectivity index (χ0v) is 20.6. The highest BCUT2D eigenvalue weighted by Crippen LogP contribution is 2.36. The highest BCUT2D eigenvalue weighted by Gasteiger charge is 2.28. The van der Waals surface area contributed by atoms with Crippen molar-refractivity contribution in [3.8, 4) is 0 Å². The molecule has 0 bridgehead atoms. The summed E-state index contributed by atoms with van der Waals surface area (Å²) in [5, 5.41) is 13.5. The Labute approximate surface area is 200 Å². The molecule has 0 saturated carbocycles. The summed E-state index contributed by atoms with van der Waals surface area (Å²) in [6.45, 7) is 12.3. The van der Waals surface area contributed by atoms with Gasteiger partial charge in [-0.2, -0.15) is 0 Å². The number of fused-ring (bicyclic) bond motifs is 1. The number of hydrogen-bond acceptors (Lipinski definition) is 5. The van der Waals surface area contributed by atoms with Crippen LogP contribution >= 0.6 is 0 Å². The van der Waals surface area contributed by atoms with Crippen molar-refractivity contribution in [3.63, 3.8) is 0 Å². The fraction of sp³-hybridized carbons (Fsp3) is 0.429. The van der Waals surface area contributed by atoms with Crippen LogP contribution in [0.25, 0.3) is 11.0 Å². The molecular formula is C28H34N2O4. The molecule has 6 heteroatoms. The predicted octanol–water partition coefficient (Wildman–Crippen LogP) is 6.41. The van der Waals surface area contributed by atoms with E-state index in [0.29, 0.717) is 28.0 Å². The van der Waals surface area contributed by atoms with Crippen LogP contribution in [-0.2, 0) is 0 Å². The van der Waals surface area contributed by atoms with E-state index < -0.39 is 5.97 Å². The average Bonchev–Trinajstić information content (AvgIpc) is 2.78. The Bertz CT molecular complexity index is 1270. The van der Waals surface area contributed by atoms with Gasteiger partial charge in [-0.3, -0.25) is 4.79 Å². The molecule has 2 aromatic carbocycles. The van der Waals surface area contributed by atoms with E-state index >= 15 is 0 Å². The number of para-hydroxylation sites is 1. The third-order valence-corrected chi connectivity index (χ3v) is 6.97. The number of carboxylic acids is 1. The van der Waals surface area contributed by atoms with Crippen molar-refractivity contribution >= 4 is 28.5 Å². The van der Waals surface area contributed by atoms with Crippen molar-refractivity contribution in [3.05, 3.63) is 69.4 Å². The molecule has 34 heavy (non-hydrogen) atoms. The van der Waals surface area contributed by atoms with Crippen molar-refractivity contribution in [1.29, 1.82) is 0 Å². The molecule has 2 heterocycles. The molecule has 1 atom stereocenters. The number of rotatable bonds is 6. The summed E-state index contributed by atoms with van der Waals surface area (Å²) >= 11 is 0. The van der Waals surface area contributed by atoms with Gasteiger partial charge < -0.3 is 19.7 Å². The van der Waals surface area contributed by atoms with E-state index in [1.807, 2.05) is 19.1 Å². The molecule has 1 saturated heterocycles. The molecule has 180 valence electrons. The highest BCUT2D eigenvalue weighted by atomic mass is 16.4. The van der Waals surface area contributed by atoms with Crippen LogP contribution in [0.2, 0.25) is 0 Å². The molecule has 0 radical (unpaired) electrons. The number of aromatic carboxylic acids is 1. The van der Waals surface area contributed by atoms with Crippen LogP contribution in [-0.4, -0.2) is 24.2 Å². The van der Waals surface area contributed by atoms with Crippen molar-refractivity contribution < 1.29 is 14.3 Å². The van der Waals surface area contributed by atoms with Crippen molar-refractivity contribution in [2.75, 3.05) is 23.3 Å². The zero-order valence-electron chi connectivity index (χ0n) is 20.6. The second-order valence-electron chi connectivity index (χ2n) is 10.4. The van der Waals surface area contributed by atoms with Crippen LogP contribution in [0, 0.1) is 5.41 Å². The Hall–Kier alpha value is -3.28. The predicted molar refractivity (Wildman–Crippen MR) is 137 cm³/mol. The lowest BCUT2D eigenvalue weighted by Crippen LogP contribution is -2.37. The standard InChI is InChI=1S/C28H34N2O4/c1-17(2)19-10-11-20(18(3)29-22-9-7-6-8-21(22)27(32)33)26-25(19)23(31)16-24(34-26)30-14-12-28(4,5)13-15-30/h6-11,16-18,29H,12-15H2,1-5H3,(H,32,33). The molecule has 1 fully saturated rings. The van der Waals surface area contributed by atoms with Gasteiger partial charge in [0.1, 0.15) is 5.58 Å². The first-order valence-corrected chi connectivity index (χ1v) is 12.0. The summed E-state index contributed by atoms with van der Waals surface area (Å²) in [7, 11) is 0. The Balaban J connectivity index is 1.80. The summed E-state index contributed by atoms with van der Waals surface area (Å²) in [6, 6.07) is 12.2. The van der Waals surface area contributed by atoms with Gasteiger partial charge in [-0.25, -0.2) is 4.79 Å². The molecule has 6 nitrogen and oxygen atoms in total. The monoisotopic (exact) mass is 462 g/mol. The first-order chi connectivity index (χ1) is 16.1. The summed E-state index contributed by atoms with van der Waals surface area (Å²) in [5.41, 5.74) is 3.35. The SMILES string of the molecule is CC(C)c1ccc(C(C)Nc2ccccc2C(=O)O)c2oc(N3CCC(C)(C)CC3)cc(=O)c12. The van der Waals surface area contributed by atoms with Crippen LogP contribution in [0.1, 0.15) is 80.9 Å². The van der Waals surface area contributed by atoms with E-state index in [1.54, 1.807) is 30.3 Å². The lowest BCUT2D eigenvalue weighted by molar-refractivity contribution is 0.0698. The van der Waals surface area contributed by atoms with Crippen LogP contribution in [0.5, 0.6) is 0 Å². The fourth-order valence-corrected chi connectivity index (χ4v) is 4.71. The first kappa shape index (κ1) is 23.9. The van der Waals surface area contributed by atoms with Gasteiger partial charge in [-0.05, 0) is 48.8 Å². The number of piperidine rings is 1. The van der Waals surface area contributed by atoms with Crippen molar-refractivity contribution in [2.24, 2.45) is 5.41 Å². The van der Waals surface area contributed by atoms with E-state index in [4.69, 9.17) is 4.42 Å². The average molecular weight is 463 g/mol. The van der Waals surface area contributed by atoms with Gasteiger partial charge in [0.2, 0.25) is 0 Å². The topological polar surface area (TPSA) is 82.8 Å². The van der Waals surface area contributed by atoms with E-state index in [-0.39, 0.29) is 23.0 Å². The van der Waals surface area contributed by atoms with E-state index in [9.17, 15) is 14.7 Å². The maximum atomic E-state index is 13.4. The zero-order chi connectivity index (χ0) is 24.6. The number of anilines is 2. The van der Waals surface area contributed by atoms with Crippen LogP contribution in [0.15, 0.2) is 51.7 Å². The lowest BCUT2D eigenvalue weighted by atomic mass is 9.83. The molecular weight excluding hydrogens is 428 g/mol. The van der Waals surface area contributed by atoms with E-state index in [2.05, 4.69) is 37.9 Å². The molecule has 4 rings (SSSR count). The number of carbonyl (C=O) groups is 1. The Morgan fingerprint density at radius 1 is 1.06 bits per heavy atom. The second kappa shape index (κ2) is 9.16. The maximum absolute atomic E-state index is 13.4. The van der Waals surface area contributed by atoms with Gasteiger partial charge in [-0.1, -0.05) is 52.0 Å². The number of nitrogens with zero attached hydrogens (tertiary/aromatic N) is 1. The third-order valence-electron chi connectivity index (χ3n) is 6.97. The smallest absolute Gasteiger partial charge is 0.337 e. The van der Waals surface area contributed by atoms with Gasteiger partial charge in [-0.15, -0.1) is 0 Å². The summed E-state index contributed by atoms with van der Waals surface area (Å²) in [6.07, 6.45) is 2.08. The number of carboxylic acid groups (broad SMARTS) is 1. The number of hydrogen-bond donors (Lipinski definition) is 2. The second-order valence-corrected chi connectivity index (χ2v) is 10.4. The van der Waals surface area contributed by atoms with Crippen molar-refractivity contribution in [2.45, 2.75) is 59.4 Å². The molecule has 2 N–H and O–H groups in total. The Kier molecular flexibility index (Phi) is 6.43. The molecule has 1 aliphatic rings. The normalized spacial score (nSPS) is 16.6. The molecule has 1 aliphatic heterocycles. The minimum atomic E-state index is -0.989. The molecule has 3 aromatic rings. The van der Waals surface area contributed by atoms with Crippen LogP contribution < -0.4 is 15.6 Å². The number of benzene rings is 2. The fourth-order valence-electron chi connectivity index (χ4n) is 4.71. The van der Waals surface area contributed by atoms with E-state index in [1.165, 1.54) is 0 Å². The third kappa shape index (κ3) is 4.67. The van der Waals surface area contributed by atoms with Gasteiger partial charge in [0.15, 0.2) is 11.3 Å². The van der Waals surface area contributed by atoms with Crippen molar-refractivity contribution in [1.82, 2.24) is 0 Å². The first-order valence-electron chi connectivity index (χ1n) is 12.0. The lowest BCUT2D eigenvalue weighted by Gasteiger charge is -2.37. The molecule has 0 amide bonds. The summed E-state index contributed by atoms with van der Waals surface area (Å²) in [5.74, 6) is -0.220. The Morgan fingerprint density at radius 3 is 2.35 bits per heavy atom. The van der Waals surface area contributed by atoms with Crippen LogP contribution in [0.4, 0.5) is 11.6 Å². The molecule has 1 unspecified atom stereocenters. The van der Waals surface area contributed by atoms with Gasteiger partial charge in [0.25, 0.3) is 0 Å². The minimum absolute atomic E-state index is 0.0373. The minimum Gasteiger partial charge on any atom is -0.478 e. The Morgan fingerprint density at radius 2 is 1.71 bits per heavy atom. The van der Waals surface area contributed by atoms with Gasteiger partial charge in [0, 0.05) is 30.4 Å². The van der Waals surface area contributed by atoms with Gasteiger partial charge in [0.05, 0.1) is 17.0 Å². The quantitative estimate of drug-likeness (QED) is 0.440. The van der Waals surface area contributed by atoms with E-state index in [0.717, 1.165) is 37.1 Å². The molecule has 0 spiro atoms. The number of nitrogens with one attached hydrogen (secondary N) is 1. The van der Waals surface area contributed by atoms with Gasteiger partial charge >= 0.3 is 5.97 Å². The summed E-state index contributed by atoms with van der Waals surface area (Å²) < 4.78 is 6.48. The summed E-state index contributed by atoms with van der Waals surface area (Å²) in [4.78, 5) is 27.2. The molecule has 0 aliphatic carbocycles. The molecule has 1 aromatic heterocycles. The highest BCUT2D eigenvalue weighted by molar-refractivity contribution is 5.94. The largest absolute Gasteiger partial charge is 0.478 e.